The van der Waals surface area contributed by atoms with Gasteiger partial charge in [0.1, 0.15) is 6.21 Å². The fraction of sp³-hybridized carbons (Fsp3) is 0.0769. The molecule has 0 saturated heterocycles. The SMILES string of the molecule is CN(C)c1ccc(ON=CC(=O)N(c2ccccc2)c2cccc3ccccc23)cc1. The van der Waals surface area contributed by atoms with Gasteiger partial charge in [-0.2, -0.15) is 0 Å². The van der Waals surface area contributed by atoms with Gasteiger partial charge in [0.2, 0.25) is 0 Å². The number of hydrogen-bond acceptors (Lipinski definition) is 4. The Morgan fingerprint density at radius 2 is 1.45 bits per heavy atom. The van der Waals surface area contributed by atoms with Crippen molar-refractivity contribution in [1.82, 2.24) is 0 Å². The van der Waals surface area contributed by atoms with E-state index in [-0.39, 0.29) is 5.91 Å². The molecule has 0 unspecified atom stereocenters. The molecule has 0 aliphatic carbocycles. The number of rotatable bonds is 6. The molecule has 5 heteroatoms. The quantitative estimate of drug-likeness (QED) is 0.306. The van der Waals surface area contributed by atoms with Gasteiger partial charge in [-0.15, -0.1) is 0 Å². The molecule has 4 aromatic carbocycles. The van der Waals surface area contributed by atoms with E-state index in [1.807, 2.05) is 116 Å². The molecule has 154 valence electrons. The van der Waals surface area contributed by atoms with Crippen molar-refractivity contribution in [3.8, 4) is 5.75 Å². The standard InChI is InChI=1S/C26H23N3O2/c1-28(2)21-15-17-23(18-16-21)31-27-19-26(30)29(22-11-4-3-5-12-22)25-14-8-10-20-9-6-7-13-24(20)25/h3-19H,1-2H3. The minimum absolute atomic E-state index is 0.299. The van der Waals surface area contributed by atoms with Crippen molar-refractivity contribution >= 4 is 40.0 Å². The summed E-state index contributed by atoms with van der Waals surface area (Å²) in [6.45, 7) is 0. The summed E-state index contributed by atoms with van der Waals surface area (Å²) in [7, 11) is 3.94. The number of anilines is 3. The first-order valence-electron chi connectivity index (χ1n) is 9.98. The third-order valence-electron chi connectivity index (χ3n) is 4.92. The van der Waals surface area contributed by atoms with E-state index in [1.165, 1.54) is 6.21 Å². The summed E-state index contributed by atoms with van der Waals surface area (Å²) in [5, 5.41) is 5.98. The zero-order valence-electron chi connectivity index (χ0n) is 17.5. The van der Waals surface area contributed by atoms with Crippen LogP contribution in [0.25, 0.3) is 10.8 Å². The van der Waals surface area contributed by atoms with Crippen LogP contribution in [0.15, 0.2) is 102 Å². The molecular formula is C26H23N3O2. The molecule has 0 saturated carbocycles. The Balaban J connectivity index is 1.63. The summed E-state index contributed by atoms with van der Waals surface area (Å²) in [6.07, 6.45) is 1.20. The van der Waals surface area contributed by atoms with Crippen molar-refractivity contribution in [2.45, 2.75) is 0 Å². The van der Waals surface area contributed by atoms with Gasteiger partial charge in [0.15, 0.2) is 5.75 Å². The van der Waals surface area contributed by atoms with E-state index in [1.54, 1.807) is 4.90 Å². The second-order valence-electron chi connectivity index (χ2n) is 7.22. The van der Waals surface area contributed by atoms with E-state index >= 15 is 0 Å². The minimum atomic E-state index is -0.299. The van der Waals surface area contributed by atoms with Gasteiger partial charge in [-0.3, -0.25) is 9.69 Å². The highest BCUT2D eigenvalue weighted by Gasteiger charge is 2.18. The predicted octanol–water partition coefficient (Wildman–Crippen LogP) is 5.64. The van der Waals surface area contributed by atoms with Crippen molar-refractivity contribution in [3.05, 3.63) is 97.1 Å². The van der Waals surface area contributed by atoms with Gasteiger partial charge in [0.05, 0.1) is 5.69 Å². The number of carbonyl (C=O) groups is 1. The lowest BCUT2D eigenvalue weighted by Gasteiger charge is -2.22. The molecule has 4 rings (SSSR count). The second-order valence-corrected chi connectivity index (χ2v) is 7.22. The molecule has 0 aliphatic heterocycles. The van der Waals surface area contributed by atoms with Crippen LogP contribution in [-0.2, 0) is 4.79 Å². The summed E-state index contributed by atoms with van der Waals surface area (Å²) in [5.74, 6) is 0.263. The summed E-state index contributed by atoms with van der Waals surface area (Å²) in [4.78, 5) is 22.3. The molecule has 31 heavy (non-hydrogen) atoms. The number of carbonyl (C=O) groups excluding carboxylic acids is 1. The van der Waals surface area contributed by atoms with Crippen LogP contribution >= 0.6 is 0 Å². The average molecular weight is 409 g/mol. The Labute approximate surface area is 181 Å². The zero-order valence-corrected chi connectivity index (χ0v) is 17.5. The number of fused-ring (bicyclic) bond motifs is 1. The zero-order chi connectivity index (χ0) is 21.6. The number of hydrogen-bond donors (Lipinski definition) is 0. The maximum absolute atomic E-state index is 13.2. The van der Waals surface area contributed by atoms with Crippen molar-refractivity contribution in [2.24, 2.45) is 5.16 Å². The summed E-state index contributed by atoms with van der Waals surface area (Å²) in [6, 6.07) is 30.9. The average Bonchev–Trinajstić information content (AvgIpc) is 2.80. The van der Waals surface area contributed by atoms with Crippen molar-refractivity contribution < 1.29 is 9.63 Å². The van der Waals surface area contributed by atoms with Gasteiger partial charge in [0.25, 0.3) is 5.91 Å². The van der Waals surface area contributed by atoms with Crippen molar-refractivity contribution in [2.75, 3.05) is 23.9 Å². The molecule has 0 fully saturated rings. The highest BCUT2D eigenvalue weighted by molar-refractivity contribution is 6.35. The van der Waals surface area contributed by atoms with Crippen LogP contribution in [0.1, 0.15) is 0 Å². The fourth-order valence-corrected chi connectivity index (χ4v) is 3.36. The molecule has 5 nitrogen and oxygen atoms in total. The van der Waals surface area contributed by atoms with Crippen molar-refractivity contribution in [1.29, 1.82) is 0 Å². The molecule has 1 amide bonds. The van der Waals surface area contributed by atoms with Gasteiger partial charge in [0, 0.05) is 30.9 Å². The largest absolute Gasteiger partial charge is 0.378 e. The van der Waals surface area contributed by atoms with Crippen LogP contribution in [0.5, 0.6) is 5.75 Å². The van der Waals surface area contributed by atoms with E-state index in [4.69, 9.17) is 4.84 Å². The summed E-state index contributed by atoms with van der Waals surface area (Å²) < 4.78 is 0. The van der Waals surface area contributed by atoms with Crippen molar-refractivity contribution in [3.63, 3.8) is 0 Å². The Kier molecular flexibility index (Phi) is 5.94. The molecule has 0 aliphatic rings. The Morgan fingerprint density at radius 3 is 2.19 bits per heavy atom. The molecule has 0 atom stereocenters. The third kappa shape index (κ3) is 4.56. The highest BCUT2D eigenvalue weighted by atomic mass is 16.6. The maximum Gasteiger partial charge on any atom is 0.277 e. The van der Waals surface area contributed by atoms with Gasteiger partial charge in [-0.1, -0.05) is 59.8 Å². The van der Waals surface area contributed by atoms with E-state index in [0.29, 0.717) is 5.75 Å². The molecule has 0 bridgehead atoms. The molecular weight excluding hydrogens is 386 g/mol. The molecule has 0 heterocycles. The highest BCUT2D eigenvalue weighted by Crippen LogP contribution is 2.32. The Hall–Kier alpha value is -4.12. The minimum Gasteiger partial charge on any atom is -0.378 e. The lowest BCUT2D eigenvalue weighted by molar-refractivity contribution is -0.111. The lowest BCUT2D eigenvalue weighted by atomic mass is 10.1. The summed E-state index contributed by atoms with van der Waals surface area (Å²) >= 11 is 0. The van der Waals surface area contributed by atoms with Crippen LogP contribution in [0.2, 0.25) is 0 Å². The molecule has 0 radical (unpaired) electrons. The number of benzene rings is 4. The van der Waals surface area contributed by atoms with E-state index in [9.17, 15) is 4.79 Å². The topological polar surface area (TPSA) is 45.1 Å². The Morgan fingerprint density at radius 1 is 0.774 bits per heavy atom. The van der Waals surface area contributed by atoms with Gasteiger partial charge in [-0.25, -0.2) is 0 Å². The monoisotopic (exact) mass is 409 g/mol. The Bertz CT molecular complexity index is 1200. The molecule has 0 spiro atoms. The van der Waals surface area contributed by atoms with Crippen LogP contribution in [0.4, 0.5) is 17.1 Å². The smallest absolute Gasteiger partial charge is 0.277 e. The molecule has 0 aromatic heterocycles. The number of amides is 1. The molecule has 0 N–H and O–H groups in total. The van der Waals surface area contributed by atoms with Crippen LogP contribution < -0.4 is 14.6 Å². The number of para-hydroxylation sites is 1. The number of nitrogens with zero attached hydrogens (tertiary/aromatic N) is 3. The first kappa shape index (κ1) is 20.2. The lowest BCUT2D eigenvalue weighted by Crippen LogP contribution is -2.27. The third-order valence-corrected chi connectivity index (χ3v) is 4.92. The van der Waals surface area contributed by atoms with Gasteiger partial charge < -0.3 is 9.74 Å². The van der Waals surface area contributed by atoms with Crippen LogP contribution in [0, 0.1) is 0 Å². The first-order valence-corrected chi connectivity index (χ1v) is 9.98. The fourth-order valence-electron chi connectivity index (χ4n) is 3.36. The van der Waals surface area contributed by atoms with Crippen LogP contribution in [0.3, 0.4) is 0 Å². The second kappa shape index (κ2) is 9.13. The van der Waals surface area contributed by atoms with E-state index < -0.39 is 0 Å². The van der Waals surface area contributed by atoms with E-state index in [0.717, 1.165) is 27.8 Å². The van der Waals surface area contributed by atoms with Gasteiger partial charge in [-0.05, 0) is 47.9 Å². The summed E-state index contributed by atoms with van der Waals surface area (Å²) in [5.41, 5.74) is 2.60. The predicted molar refractivity (Wildman–Crippen MR) is 127 cm³/mol. The number of oxime groups is 1. The maximum atomic E-state index is 13.2. The van der Waals surface area contributed by atoms with E-state index in [2.05, 4.69) is 5.16 Å². The molecule has 4 aromatic rings. The first-order chi connectivity index (χ1) is 15.1. The van der Waals surface area contributed by atoms with Crippen LogP contribution in [-0.4, -0.2) is 26.2 Å². The van der Waals surface area contributed by atoms with Gasteiger partial charge >= 0.3 is 0 Å². The normalized spacial score (nSPS) is 10.9.